The van der Waals surface area contributed by atoms with E-state index in [1.807, 2.05) is 32.9 Å². The summed E-state index contributed by atoms with van der Waals surface area (Å²) in [4.78, 5) is 21.6. The number of amides is 1. The van der Waals surface area contributed by atoms with Crippen molar-refractivity contribution in [2.75, 3.05) is 4.72 Å². The van der Waals surface area contributed by atoms with Crippen LogP contribution in [0.4, 0.5) is 5.88 Å². The van der Waals surface area contributed by atoms with Gasteiger partial charge in [-0.15, -0.1) is 11.3 Å². The number of anilines is 1. The number of hydrogen-bond acceptors (Lipinski definition) is 7. The standard InChI is InChI=1S/C10H12O2.C9H8ClN3O4S2/c1-6-4-7(2)9(10(11)12)8(3)5-6;1-4-6(10)9(17-12-4)13-19(15,16)5-2-3-18-7(5)8(11)14/h4-5H,1-3H3,(H,11,12);2-3,13H,1H3,(H2,11,14). The van der Waals surface area contributed by atoms with E-state index in [9.17, 15) is 18.0 Å². The zero-order valence-electron chi connectivity index (χ0n) is 17.0. The summed E-state index contributed by atoms with van der Waals surface area (Å²) in [5.41, 5.74) is 8.65. The van der Waals surface area contributed by atoms with Crippen LogP contribution in [-0.2, 0) is 10.0 Å². The predicted molar refractivity (Wildman–Crippen MR) is 118 cm³/mol. The number of nitrogens with two attached hydrogens (primary N) is 1. The number of halogens is 1. The molecule has 3 rings (SSSR count). The molecule has 166 valence electrons. The van der Waals surface area contributed by atoms with Gasteiger partial charge in [-0.3, -0.25) is 4.79 Å². The van der Waals surface area contributed by atoms with Gasteiger partial charge in [-0.05, 0) is 50.3 Å². The Balaban J connectivity index is 0.000000245. The fourth-order valence-electron chi connectivity index (χ4n) is 2.81. The second-order valence-corrected chi connectivity index (χ2v) is 9.52. The van der Waals surface area contributed by atoms with E-state index in [4.69, 9.17) is 27.0 Å². The first-order valence-corrected chi connectivity index (χ1v) is 11.4. The van der Waals surface area contributed by atoms with Gasteiger partial charge in [0.05, 0.1) is 5.56 Å². The molecule has 0 radical (unpaired) electrons. The maximum atomic E-state index is 12.1. The van der Waals surface area contributed by atoms with E-state index in [0.717, 1.165) is 28.0 Å². The Morgan fingerprint density at radius 1 is 1.19 bits per heavy atom. The van der Waals surface area contributed by atoms with Crippen molar-refractivity contribution in [1.82, 2.24) is 5.16 Å². The molecule has 12 heteroatoms. The highest BCUT2D eigenvalue weighted by atomic mass is 35.5. The fourth-order valence-corrected chi connectivity index (χ4v) is 5.26. The van der Waals surface area contributed by atoms with Gasteiger partial charge in [0.2, 0.25) is 0 Å². The first kappa shape index (κ1) is 24.4. The van der Waals surface area contributed by atoms with Crippen LogP contribution in [0.15, 0.2) is 33.0 Å². The predicted octanol–water partition coefficient (Wildman–Crippen LogP) is 3.91. The molecular weight excluding hydrogens is 466 g/mol. The molecule has 0 aliphatic carbocycles. The molecule has 0 saturated heterocycles. The molecule has 0 fully saturated rings. The Hall–Kier alpha value is -2.89. The maximum Gasteiger partial charge on any atom is 0.336 e. The van der Waals surface area contributed by atoms with Gasteiger partial charge in [-0.2, -0.15) is 0 Å². The van der Waals surface area contributed by atoms with E-state index in [1.165, 1.54) is 11.4 Å². The first-order chi connectivity index (χ1) is 14.3. The Morgan fingerprint density at radius 2 is 1.77 bits per heavy atom. The normalized spacial score (nSPS) is 10.9. The van der Waals surface area contributed by atoms with Gasteiger partial charge in [0, 0.05) is 0 Å². The number of thiophene rings is 1. The highest BCUT2D eigenvalue weighted by molar-refractivity contribution is 7.93. The third kappa shape index (κ3) is 5.63. The summed E-state index contributed by atoms with van der Waals surface area (Å²) in [6.07, 6.45) is 0. The third-order valence-electron chi connectivity index (χ3n) is 4.05. The highest BCUT2D eigenvalue weighted by Gasteiger charge is 2.25. The lowest BCUT2D eigenvalue weighted by atomic mass is 10.0. The molecule has 1 amide bonds. The first-order valence-electron chi connectivity index (χ1n) is 8.68. The molecule has 2 heterocycles. The average Bonchev–Trinajstić information content (AvgIpc) is 3.24. The van der Waals surface area contributed by atoms with Gasteiger partial charge in [0.25, 0.3) is 21.8 Å². The summed E-state index contributed by atoms with van der Waals surface area (Å²) in [6.45, 7) is 7.17. The minimum absolute atomic E-state index is 0.0550. The van der Waals surface area contributed by atoms with Gasteiger partial charge in [0.15, 0.2) is 0 Å². The van der Waals surface area contributed by atoms with Crippen LogP contribution in [0.5, 0.6) is 0 Å². The molecular formula is C19H20ClN3O6S2. The number of sulfonamides is 1. The molecule has 4 N–H and O–H groups in total. The molecule has 0 atom stereocenters. The molecule has 0 aliphatic heterocycles. The molecule has 0 bridgehead atoms. The largest absolute Gasteiger partial charge is 0.478 e. The highest BCUT2D eigenvalue weighted by Crippen LogP contribution is 2.29. The number of aromatic carboxylic acids is 1. The van der Waals surface area contributed by atoms with Gasteiger partial charge >= 0.3 is 5.97 Å². The summed E-state index contributed by atoms with van der Waals surface area (Å²) in [5, 5.41) is 13.9. The van der Waals surface area contributed by atoms with Crippen molar-refractivity contribution in [3.63, 3.8) is 0 Å². The average molecular weight is 486 g/mol. The molecule has 2 aromatic heterocycles. The molecule has 0 unspecified atom stereocenters. The van der Waals surface area contributed by atoms with Crippen LogP contribution < -0.4 is 10.5 Å². The number of carboxylic acid groups (broad SMARTS) is 1. The van der Waals surface area contributed by atoms with Crippen molar-refractivity contribution in [3.8, 4) is 0 Å². The zero-order valence-corrected chi connectivity index (χ0v) is 19.4. The Labute approximate surface area is 187 Å². The third-order valence-corrected chi connectivity index (χ3v) is 6.93. The SMILES string of the molecule is Cc1cc(C)c(C(=O)O)c(C)c1.Cc1noc(NS(=O)(=O)c2ccsc2C(N)=O)c1Cl. The monoisotopic (exact) mass is 485 g/mol. The Morgan fingerprint density at radius 3 is 2.23 bits per heavy atom. The lowest BCUT2D eigenvalue weighted by molar-refractivity contribution is 0.0695. The van der Waals surface area contributed by atoms with Crippen molar-refractivity contribution in [3.05, 3.63) is 61.4 Å². The van der Waals surface area contributed by atoms with E-state index < -0.39 is 21.9 Å². The van der Waals surface area contributed by atoms with Crippen LogP contribution in [0, 0.1) is 27.7 Å². The molecule has 0 saturated carbocycles. The summed E-state index contributed by atoms with van der Waals surface area (Å²) >= 11 is 6.74. The van der Waals surface area contributed by atoms with Gasteiger partial charge in [0.1, 0.15) is 20.5 Å². The van der Waals surface area contributed by atoms with E-state index in [2.05, 4.69) is 9.88 Å². The van der Waals surface area contributed by atoms with E-state index in [-0.39, 0.29) is 20.7 Å². The quantitative estimate of drug-likeness (QED) is 0.495. The lowest BCUT2D eigenvalue weighted by Gasteiger charge is -2.05. The second kappa shape index (κ2) is 9.50. The van der Waals surface area contributed by atoms with Crippen LogP contribution in [0.3, 0.4) is 0 Å². The topological polar surface area (TPSA) is 153 Å². The minimum atomic E-state index is -4.01. The van der Waals surface area contributed by atoms with Crippen LogP contribution in [-0.4, -0.2) is 30.6 Å². The van der Waals surface area contributed by atoms with Crippen molar-refractivity contribution in [2.24, 2.45) is 5.73 Å². The minimum Gasteiger partial charge on any atom is -0.478 e. The number of carbonyl (C=O) groups is 2. The van der Waals surface area contributed by atoms with Crippen LogP contribution in [0.25, 0.3) is 0 Å². The summed E-state index contributed by atoms with van der Waals surface area (Å²) in [5.74, 6) is -1.87. The number of benzene rings is 1. The van der Waals surface area contributed by atoms with Crippen molar-refractivity contribution in [1.29, 1.82) is 0 Å². The van der Waals surface area contributed by atoms with Crippen LogP contribution in [0.2, 0.25) is 5.02 Å². The lowest BCUT2D eigenvalue weighted by Crippen LogP contribution is -2.18. The summed E-state index contributed by atoms with van der Waals surface area (Å²) < 4.78 is 31.0. The fraction of sp³-hybridized carbons (Fsp3) is 0.211. The Bertz CT molecular complexity index is 1220. The number of hydrogen-bond donors (Lipinski definition) is 3. The van der Waals surface area contributed by atoms with Crippen LogP contribution in [0.1, 0.15) is 42.4 Å². The van der Waals surface area contributed by atoms with Gasteiger partial charge < -0.3 is 15.4 Å². The molecule has 3 aromatic rings. The van der Waals surface area contributed by atoms with E-state index >= 15 is 0 Å². The number of aryl methyl sites for hydroxylation is 4. The number of nitrogens with zero attached hydrogens (tertiary/aromatic N) is 1. The van der Waals surface area contributed by atoms with Crippen molar-refractivity contribution >= 4 is 50.7 Å². The summed E-state index contributed by atoms with van der Waals surface area (Å²) in [6, 6.07) is 5.04. The second-order valence-electron chi connectivity index (χ2n) is 6.57. The van der Waals surface area contributed by atoms with Crippen molar-refractivity contribution in [2.45, 2.75) is 32.6 Å². The molecule has 0 aliphatic rings. The molecule has 31 heavy (non-hydrogen) atoms. The number of nitrogens with one attached hydrogen (secondary N) is 1. The smallest absolute Gasteiger partial charge is 0.336 e. The molecule has 9 nitrogen and oxygen atoms in total. The number of aromatic nitrogens is 1. The zero-order chi connectivity index (χ0) is 23.5. The van der Waals surface area contributed by atoms with Gasteiger partial charge in [-0.1, -0.05) is 34.5 Å². The van der Waals surface area contributed by atoms with Crippen LogP contribution >= 0.6 is 22.9 Å². The van der Waals surface area contributed by atoms with Crippen molar-refractivity contribution < 1.29 is 27.6 Å². The van der Waals surface area contributed by atoms with E-state index in [0.29, 0.717) is 11.3 Å². The number of primary amides is 1. The maximum absolute atomic E-state index is 12.1. The van der Waals surface area contributed by atoms with E-state index in [1.54, 1.807) is 6.92 Å². The molecule has 0 spiro atoms. The Kier molecular flexibility index (Phi) is 7.47. The number of carboxylic acids is 1. The van der Waals surface area contributed by atoms with Gasteiger partial charge in [-0.25, -0.2) is 17.9 Å². The number of rotatable bonds is 5. The molecule has 1 aromatic carbocycles. The summed E-state index contributed by atoms with van der Waals surface area (Å²) in [7, 11) is -4.01. The number of carbonyl (C=O) groups excluding carboxylic acids is 1.